The molecule has 0 aliphatic carbocycles. The Morgan fingerprint density at radius 2 is 1.53 bits per heavy atom. The number of hydrogen-bond donors (Lipinski definition) is 0. The quantitative estimate of drug-likeness (QED) is 0.504. The van der Waals surface area contributed by atoms with E-state index >= 15 is 0 Å². The maximum absolute atomic E-state index is 4.96. The zero-order valence-corrected chi connectivity index (χ0v) is 10.4. The summed E-state index contributed by atoms with van der Waals surface area (Å²) in [7, 11) is 1.63. The Kier molecular flexibility index (Phi) is 12.2. The van der Waals surface area contributed by atoms with E-state index in [1.54, 1.807) is 7.11 Å². The van der Waals surface area contributed by atoms with Gasteiger partial charge in [0.15, 0.2) is 0 Å². The van der Waals surface area contributed by atoms with Gasteiger partial charge in [0.2, 0.25) is 0 Å². The molecule has 0 unspecified atom stereocenters. The van der Waals surface area contributed by atoms with Crippen LogP contribution in [0.25, 0.3) is 0 Å². The zero-order valence-electron chi connectivity index (χ0n) is 10.4. The van der Waals surface area contributed by atoms with E-state index in [1.165, 1.54) is 12.5 Å². The Labute approximate surface area is 93.7 Å². The van der Waals surface area contributed by atoms with Crippen LogP contribution in [0.1, 0.15) is 20.8 Å². The maximum Gasteiger partial charge on any atom is 0.111 e. The fraction of sp³-hybridized carbons (Fsp3) is 0.667. The molecule has 3 heteroatoms. The summed E-state index contributed by atoms with van der Waals surface area (Å²) in [5.41, 5.74) is 0.258. The van der Waals surface area contributed by atoms with Crippen molar-refractivity contribution >= 4 is 0 Å². The van der Waals surface area contributed by atoms with Crippen molar-refractivity contribution in [2.24, 2.45) is 5.41 Å². The number of methoxy groups -OCH3 is 1. The molecule has 0 radical (unpaired) electrons. The zero-order chi connectivity index (χ0) is 12.2. The van der Waals surface area contributed by atoms with Crippen LogP contribution in [0.4, 0.5) is 0 Å². The fourth-order valence-electron chi connectivity index (χ4n) is 0.524. The van der Waals surface area contributed by atoms with Gasteiger partial charge in [-0.05, 0) is 5.41 Å². The van der Waals surface area contributed by atoms with Gasteiger partial charge in [0.25, 0.3) is 0 Å². The van der Waals surface area contributed by atoms with Gasteiger partial charge >= 0.3 is 0 Å². The molecule has 15 heavy (non-hydrogen) atoms. The van der Waals surface area contributed by atoms with Crippen LogP contribution < -0.4 is 0 Å². The van der Waals surface area contributed by atoms with Gasteiger partial charge in [0.1, 0.15) is 6.61 Å². The van der Waals surface area contributed by atoms with Crippen molar-refractivity contribution in [2.75, 3.05) is 26.9 Å². The smallest absolute Gasteiger partial charge is 0.111 e. The van der Waals surface area contributed by atoms with Crippen LogP contribution in [0.15, 0.2) is 25.7 Å². The molecule has 0 N–H and O–H groups in total. The normalized spacial score (nSPS) is 9.60. The molecule has 3 nitrogen and oxygen atoms in total. The SMILES string of the molecule is C=COCC(C)(C)C.C=COCCOC. The molecule has 0 bridgehead atoms. The Hall–Kier alpha value is -0.960. The lowest BCUT2D eigenvalue weighted by Gasteiger charge is -2.16. The molecule has 0 saturated heterocycles. The molecule has 0 heterocycles. The van der Waals surface area contributed by atoms with Crippen molar-refractivity contribution in [1.82, 2.24) is 0 Å². The second-order valence-corrected chi connectivity index (χ2v) is 4.07. The average molecular weight is 216 g/mol. The highest BCUT2D eigenvalue weighted by Gasteiger charge is 2.08. The lowest BCUT2D eigenvalue weighted by atomic mass is 9.99. The van der Waals surface area contributed by atoms with Gasteiger partial charge in [-0.2, -0.15) is 0 Å². The molecule has 0 amide bonds. The third kappa shape index (κ3) is 24.6. The first-order valence-corrected chi connectivity index (χ1v) is 4.92. The first kappa shape index (κ1) is 16.5. The first-order chi connectivity index (χ1) is 6.97. The molecular weight excluding hydrogens is 192 g/mol. The van der Waals surface area contributed by atoms with Crippen molar-refractivity contribution in [2.45, 2.75) is 20.8 Å². The average Bonchev–Trinajstić information content (AvgIpc) is 2.16. The van der Waals surface area contributed by atoms with Crippen LogP contribution >= 0.6 is 0 Å². The minimum absolute atomic E-state index is 0.258. The van der Waals surface area contributed by atoms with Crippen LogP contribution in [0.2, 0.25) is 0 Å². The largest absolute Gasteiger partial charge is 0.501 e. The van der Waals surface area contributed by atoms with Crippen molar-refractivity contribution < 1.29 is 14.2 Å². The van der Waals surface area contributed by atoms with E-state index in [2.05, 4.69) is 38.7 Å². The Morgan fingerprint density at radius 1 is 1.00 bits per heavy atom. The lowest BCUT2D eigenvalue weighted by molar-refractivity contribution is 0.124. The summed E-state index contributed by atoms with van der Waals surface area (Å²) in [5, 5.41) is 0. The molecule has 0 aromatic carbocycles. The molecule has 0 fully saturated rings. The molecule has 0 aromatic heterocycles. The van der Waals surface area contributed by atoms with E-state index in [9.17, 15) is 0 Å². The highest BCUT2D eigenvalue weighted by atomic mass is 16.5. The van der Waals surface area contributed by atoms with Crippen LogP contribution in [0, 0.1) is 5.41 Å². The molecule has 90 valence electrons. The topological polar surface area (TPSA) is 27.7 Å². The summed E-state index contributed by atoms with van der Waals surface area (Å²) in [6, 6.07) is 0. The molecular formula is C12H24O3. The first-order valence-electron chi connectivity index (χ1n) is 4.92. The van der Waals surface area contributed by atoms with Crippen molar-refractivity contribution in [3.63, 3.8) is 0 Å². The van der Waals surface area contributed by atoms with Crippen LogP contribution in [-0.2, 0) is 14.2 Å². The van der Waals surface area contributed by atoms with Gasteiger partial charge in [-0.1, -0.05) is 33.9 Å². The highest BCUT2D eigenvalue weighted by molar-refractivity contribution is 4.61. The highest BCUT2D eigenvalue weighted by Crippen LogP contribution is 2.12. The maximum atomic E-state index is 4.96. The van der Waals surface area contributed by atoms with E-state index in [4.69, 9.17) is 9.47 Å². The standard InChI is InChI=1S/C7H14O.C5H10O2/c1-5-8-6-7(2,3)4;1-3-7-5-4-6-2/h5H,1,6H2,2-4H3;3H,1,4-5H2,2H3. The summed E-state index contributed by atoms with van der Waals surface area (Å²) in [5.74, 6) is 0. The predicted octanol–water partition coefficient (Wildman–Crippen LogP) is 2.99. The van der Waals surface area contributed by atoms with E-state index < -0.39 is 0 Å². The van der Waals surface area contributed by atoms with E-state index in [1.807, 2.05) is 0 Å². The molecule has 0 aliphatic rings. The number of ether oxygens (including phenoxy) is 3. The summed E-state index contributed by atoms with van der Waals surface area (Å²) < 4.78 is 14.3. The Bertz CT molecular complexity index is 147. The van der Waals surface area contributed by atoms with Gasteiger partial charge in [-0.15, -0.1) is 0 Å². The molecule has 0 atom stereocenters. The van der Waals surface area contributed by atoms with Crippen molar-refractivity contribution in [3.8, 4) is 0 Å². The number of rotatable bonds is 6. The summed E-state index contributed by atoms with van der Waals surface area (Å²) in [4.78, 5) is 0. The predicted molar refractivity (Wildman–Crippen MR) is 63.6 cm³/mol. The van der Waals surface area contributed by atoms with Gasteiger partial charge in [0.05, 0.1) is 25.7 Å². The number of hydrogen-bond acceptors (Lipinski definition) is 3. The summed E-state index contributed by atoms with van der Waals surface area (Å²) in [6.07, 6.45) is 2.88. The summed E-state index contributed by atoms with van der Waals surface area (Å²) >= 11 is 0. The van der Waals surface area contributed by atoms with Gasteiger partial charge < -0.3 is 14.2 Å². The van der Waals surface area contributed by atoms with E-state index in [-0.39, 0.29) is 5.41 Å². The molecule has 0 rings (SSSR count). The fourth-order valence-corrected chi connectivity index (χ4v) is 0.524. The van der Waals surface area contributed by atoms with Crippen LogP contribution in [0.5, 0.6) is 0 Å². The second kappa shape index (κ2) is 11.1. The second-order valence-electron chi connectivity index (χ2n) is 4.07. The molecule has 0 aliphatic heterocycles. The minimum Gasteiger partial charge on any atom is -0.501 e. The van der Waals surface area contributed by atoms with Gasteiger partial charge in [-0.3, -0.25) is 0 Å². The van der Waals surface area contributed by atoms with Crippen molar-refractivity contribution in [1.29, 1.82) is 0 Å². The summed E-state index contributed by atoms with van der Waals surface area (Å²) in [6.45, 7) is 15.1. The monoisotopic (exact) mass is 216 g/mol. The van der Waals surface area contributed by atoms with Crippen LogP contribution in [0.3, 0.4) is 0 Å². The molecule has 0 spiro atoms. The van der Waals surface area contributed by atoms with Gasteiger partial charge in [0, 0.05) is 7.11 Å². The minimum atomic E-state index is 0.258. The van der Waals surface area contributed by atoms with E-state index in [0.29, 0.717) is 13.2 Å². The molecule has 0 saturated carbocycles. The van der Waals surface area contributed by atoms with Gasteiger partial charge in [-0.25, -0.2) is 0 Å². The van der Waals surface area contributed by atoms with Crippen LogP contribution in [-0.4, -0.2) is 26.9 Å². The van der Waals surface area contributed by atoms with Crippen molar-refractivity contribution in [3.05, 3.63) is 25.7 Å². The third-order valence-electron chi connectivity index (χ3n) is 1.16. The Balaban J connectivity index is 0. The Morgan fingerprint density at radius 3 is 1.80 bits per heavy atom. The van der Waals surface area contributed by atoms with E-state index in [0.717, 1.165) is 6.61 Å². The lowest BCUT2D eigenvalue weighted by Crippen LogP contribution is -2.11. The molecule has 0 aromatic rings. The third-order valence-corrected chi connectivity index (χ3v) is 1.16.